The fourth-order valence-electron chi connectivity index (χ4n) is 1.39. The first-order chi connectivity index (χ1) is 9.99. The zero-order chi connectivity index (χ0) is 15.4. The molecule has 1 aromatic heterocycles. The number of hydrogen-bond acceptors (Lipinski definition) is 5. The molecule has 0 aliphatic heterocycles. The lowest BCUT2D eigenvalue weighted by atomic mass is 10.3. The molecule has 0 saturated carbocycles. The van der Waals surface area contributed by atoms with Gasteiger partial charge in [-0.05, 0) is 18.2 Å². The van der Waals surface area contributed by atoms with E-state index in [1.54, 1.807) is 18.2 Å². The van der Waals surface area contributed by atoms with Gasteiger partial charge in [0, 0.05) is 5.69 Å². The van der Waals surface area contributed by atoms with E-state index in [9.17, 15) is 4.79 Å². The van der Waals surface area contributed by atoms with Gasteiger partial charge in [0.25, 0.3) is 0 Å². The second kappa shape index (κ2) is 7.17. The molecule has 9 heteroatoms. The van der Waals surface area contributed by atoms with Crippen LogP contribution in [0.15, 0.2) is 18.2 Å². The van der Waals surface area contributed by atoms with Gasteiger partial charge in [-0.15, -0.1) is 11.3 Å². The third-order valence-electron chi connectivity index (χ3n) is 2.31. The Labute approximate surface area is 139 Å². The number of aromatic nitrogens is 1. The number of halogens is 3. The van der Waals surface area contributed by atoms with E-state index in [0.717, 1.165) is 0 Å². The molecule has 0 bridgehead atoms. The number of hydrogen-bond donors (Lipinski definition) is 1. The van der Waals surface area contributed by atoms with Crippen LogP contribution < -0.4 is 10.1 Å². The van der Waals surface area contributed by atoms with E-state index < -0.39 is 6.09 Å². The summed E-state index contributed by atoms with van der Waals surface area (Å²) in [4.78, 5) is 15.1. The highest BCUT2D eigenvalue weighted by molar-refractivity contribution is 7.16. The van der Waals surface area contributed by atoms with Crippen LogP contribution >= 0.6 is 46.1 Å². The van der Waals surface area contributed by atoms with Gasteiger partial charge < -0.3 is 9.47 Å². The third kappa shape index (κ3) is 4.38. The predicted octanol–water partition coefficient (Wildman–Crippen LogP) is 4.86. The van der Waals surface area contributed by atoms with Gasteiger partial charge in [0.15, 0.2) is 5.15 Å². The molecule has 5 nitrogen and oxygen atoms in total. The molecular weight excluding hydrogens is 359 g/mol. The number of methoxy groups -OCH3 is 1. The zero-order valence-corrected chi connectivity index (χ0v) is 13.7. The Morgan fingerprint density at radius 1 is 1.38 bits per heavy atom. The summed E-state index contributed by atoms with van der Waals surface area (Å²) < 4.78 is 10.4. The van der Waals surface area contributed by atoms with E-state index in [1.165, 1.54) is 18.4 Å². The van der Waals surface area contributed by atoms with Gasteiger partial charge in [-0.25, -0.2) is 9.78 Å². The van der Waals surface area contributed by atoms with Crippen molar-refractivity contribution < 1.29 is 14.3 Å². The molecule has 0 aliphatic carbocycles. The monoisotopic (exact) mass is 366 g/mol. The molecular formula is C12H9Cl3N2O3S. The number of rotatable bonds is 4. The normalized spacial score (nSPS) is 10.3. The van der Waals surface area contributed by atoms with Crippen LogP contribution in [0.25, 0.3) is 0 Å². The van der Waals surface area contributed by atoms with E-state index in [0.29, 0.717) is 25.8 Å². The maximum atomic E-state index is 11.1. The first-order valence-electron chi connectivity index (χ1n) is 5.57. The summed E-state index contributed by atoms with van der Waals surface area (Å²) >= 11 is 18.9. The van der Waals surface area contributed by atoms with Crippen molar-refractivity contribution >= 4 is 57.9 Å². The Balaban J connectivity index is 2.02. The Bertz CT molecular complexity index is 644. The highest BCUT2D eigenvalue weighted by Gasteiger charge is 2.10. The minimum absolute atomic E-state index is 0.195. The largest absolute Gasteiger partial charge is 0.485 e. The predicted molar refractivity (Wildman–Crippen MR) is 83.9 cm³/mol. The molecule has 0 radical (unpaired) electrons. The maximum absolute atomic E-state index is 11.1. The third-order valence-corrected chi connectivity index (χ3v) is 4.31. The minimum Gasteiger partial charge on any atom is -0.485 e. The second-order valence-corrected chi connectivity index (χ2v) is 6.17. The molecule has 2 rings (SSSR count). The molecule has 0 fully saturated rings. The number of carbonyl (C=O) groups excluding carboxylic acids is 1. The first-order valence-corrected chi connectivity index (χ1v) is 7.52. The molecule has 0 spiro atoms. The summed E-state index contributed by atoms with van der Waals surface area (Å²) in [6.07, 6.45) is -0.577. The summed E-state index contributed by atoms with van der Waals surface area (Å²) in [5.41, 5.74) is 0.500. The molecule has 1 heterocycles. The summed E-state index contributed by atoms with van der Waals surface area (Å²) in [6, 6.07) is 4.82. The summed E-state index contributed by atoms with van der Waals surface area (Å²) in [5, 5.41) is 3.73. The SMILES string of the molecule is COC(=O)Nc1ccc(OCc2nc(Cl)c(Cl)s2)c(Cl)c1. The molecule has 1 aromatic carbocycles. The maximum Gasteiger partial charge on any atom is 0.411 e. The van der Waals surface area contributed by atoms with Crippen molar-refractivity contribution in [2.45, 2.75) is 6.61 Å². The summed E-state index contributed by atoms with van der Waals surface area (Å²) in [5.74, 6) is 0.453. The van der Waals surface area contributed by atoms with Crippen LogP contribution in [0.4, 0.5) is 10.5 Å². The number of nitrogens with zero attached hydrogens (tertiary/aromatic N) is 1. The van der Waals surface area contributed by atoms with Crippen LogP contribution in [0.3, 0.4) is 0 Å². The fraction of sp³-hybridized carbons (Fsp3) is 0.167. The van der Waals surface area contributed by atoms with E-state index in [1.807, 2.05) is 0 Å². The highest BCUT2D eigenvalue weighted by Crippen LogP contribution is 2.31. The molecule has 1 N–H and O–H groups in total. The number of anilines is 1. The average molecular weight is 368 g/mol. The highest BCUT2D eigenvalue weighted by atomic mass is 35.5. The van der Waals surface area contributed by atoms with Crippen molar-refractivity contribution in [3.63, 3.8) is 0 Å². The summed E-state index contributed by atoms with van der Waals surface area (Å²) in [7, 11) is 1.28. The quantitative estimate of drug-likeness (QED) is 0.838. The fourth-order valence-corrected chi connectivity index (χ4v) is 2.79. The van der Waals surface area contributed by atoms with Crippen molar-refractivity contribution in [1.82, 2.24) is 4.98 Å². The molecule has 0 saturated heterocycles. The average Bonchev–Trinajstić information content (AvgIpc) is 2.76. The van der Waals surface area contributed by atoms with Gasteiger partial charge in [-0.2, -0.15) is 0 Å². The topological polar surface area (TPSA) is 60.5 Å². The van der Waals surface area contributed by atoms with Crippen LogP contribution in [0.1, 0.15) is 5.01 Å². The second-order valence-electron chi connectivity index (χ2n) is 3.72. The Kier molecular flexibility index (Phi) is 5.52. The Morgan fingerprint density at radius 2 is 2.14 bits per heavy atom. The number of amides is 1. The standard InChI is InChI=1S/C12H9Cl3N2O3S/c1-19-12(18)16-6-2-3-8(7(13)4-6)20-5-9-17-10(14)11(15)21-9/h2-4H,5H2,1H3,(H,16,18). The van der Waals surface area contributed by atoms with Gasteiger partial charge in [0.1, 0.15) is 21.7 Å². The lowest BCUT2D eigenvalue weighted by Gasteiger charge is -2.09. The van der Waals surface area contributed by atoms with Gasteiger partial charge in [0.05, 0.1) is 12.1 Å². The van der Waals surface area contributed by atoms with Crippen molar-refractivity contribution in [3.8, 4) is 5.75 Å². The molecule has 0 unspecified atom stereocenters. The lowest BCUT2D eigenvalue weighted by Crippen LogP contribution is -2.10. The van der Waals surface area contributed by atoms with Crippen LogP contribution in [0.5, 0.6) is 5.75 Å². The van der Waals surface area contributed by atoms with Crippen LogP contribution in [0, 0.1) is 0 Å². The molecule has 1 amide bonds. The number of carbonyl (C=O) groups is 1. The van der Waals surface area contributed by atoms with Gasteiger partial charge in [-0.1, -0.05) is 34.8 Å². The smallest absolute Gasteiger partial charge is 0.411 e. The van der Waals surface area contributed by atoms with E-state index >= 15 is 0 Å². The first kappa shape index (κ1) is 16.2. The zero-order valence-electron chi connectivity index (χ0n) is 10.7. The van der Waals surface area contributed by atoms with Crippen LogP contribution in [0.2, 0.25) is 14.5 Å². The van der Waals surface area contributed by atoms with Crippen LogP contribution in [-0.2, 0) is 11.3 Å². The number of benzene rings is 1. The number of thiazole rings is 1. The van der Waals surface area contributed by atoms with Gasteiger partial charge in [-0.3, -0.25) is 5.32 Å². The number of nitrogens with one attached hydrogen (secondary N) is 1. The van der Waals surface area contributed by atoms with Crippen molar-refractivity contribution in [2.75, 3.05) is 12.4 Å². The molecule has 112 valence electrons. The molecule has 0 atom stereocenters. The Hall–Kier alpha value is -1.21. The number of ether oxygens (including phenoxy) is 2. The van der Waals surface area contributed by atoms with Crippen molar-refractivity contribution in [3.05, 3.63) is 37.7 Å². The van der Waals surface area contributed by atoms with Gasteiger partial charge in [0.2, 0.25) is 0 Å². The Morgan fingerprint density at radius 3 is 2.71 bits per heavy atom. The molecule has 2 aromatic rings. The van der Waals surface area contributed by atoms with Crippen molar-refractivity contribution in [1.29, 1.82) is 0 Å². The molecule has 0 aliphatic rings. The van der Waals surface area contributed by atoms with E-state index in [2.05, 4.69) is 15.0 Å². The van der Waals surface area contributed by atoms with E-state index in [-0.39, 0.29) is 11.8 Å². The van der Waals surface area contributed by atoms with Crippen molar-refractivity contribution in [2.24, 2.45) is 0 Å². The van der Waals surface area contributed by atoms with Crippen LogP contribution in [-0.4, -0.2) is 18.2 Å². The van der Waals surface area contributed by atoms with E-state index in [4.69, 9.17) is 39.5 Å². The molecule has 21 heavy (non-hydrogen) atoms. The lowest BCUT2D eigenvalue weighted by molar-refractivity contribution is 0.187. The minimum atomic E-state index is -0.577. The van der Waals surface area contributed by atoms with Gasteiger partial charge >= 0.3 is 6.09 Å². The summed E-state index contributed by atoms with van der Waals surface area (Å²) in [6.45, 7) is 0.195.